The van der Waals surface area contributed by atoms with E-state index in [4.69, 9.17) is 4.98 Å². The zero-order valence-electron chi connectivity index (χ0n) is 14.8. The highest BCUT2D eigenvalue weighted by Crippen LogP contribution is 2.40. The third-order valence-electron chi connectivity index (χ3n) is 5.91. The lowest BCUT2D eigenvalue weighted by molar-refractivity contribution is 0.213. The van der Waals surface area contributed by atoms with Crippen molar-refractivity contribution >= 4 is 16.9 Å². The Balaban J connectivity index is 1.57. The number of hydrogen-bond acceptors (Lipinski definition) is 4. The summed E-state index contributed by atoms with van der Waals surface area (Å²) in [6, 6.07) is 2.66. The average molecular weight is 335 g/mol. The molecule has 2 aliphatic rings. The van der Waals surface area contributed by atoms with Gasteiger partial charge in [-0.1, -0.05) is 25.8 Å². The van der Waals surface area contributed by atoms with E-state index in [0.717, 1.165) is 53.8 Å². The van der Waals surface area contributed by atoms with Crippen LogP contribution in [0.3, 0.4) is 0 Å². The van der Waals surface area contributed by atoms with Gasteiger partial charge < -0.3 is 10.3 Å². The summed E-state index contributed by atoms with van der Waals surface area (Å²) in [7, 11) is 0. The van der Waals surface area contributed by atoms with E-state index in [1.807, 2.05) is 12.4 Å². The fourth-order valence-corrected chi connectivity index (χ4v) is 4.01. The predicted octanol–water partition coefficient (Wildman–Crippen LogP) is 4.26. The van der Waals surface area contributed by atoms with Crippen LogP contribution in [0, 0.1) is 16.7 Å². The number of nitrogens with one attached hydrogen (secondary N) is 2. The van der Waals surface area contributed by atoms with Crippen molar-refractivity contribution in [2.24, 2.45) is 5.41 Å². The van der Waals surface area contributed by atoms with E-state index in [0.29, 0.717) is 5.92 Å². The number of rotatable bonds is 5. The Morgan fingerprint density at radius 2 is 2.16 bits per heavy atom. The number of aromatic nitrogens is 3. The Labute approximate surface area is 148 Å². The highest BCUT2D eigenvalue weighted by atomic mass is 15.0. The lowest BCUT2D eigenvalue weighted by Crippen LogP contribution is -2.42. The van der Waals surface area contributed by atoms with Gasteiger partial charge in [-0.3, -0.25) is 0 Å². The Morgan fingerprint density at radius 3 is 2.84 bits per heavy atom. The van der Waals surface area contributed by atoms with Crippen molar-refractivity contribution < 1.29 is 0 Å². The molecule has 0 spiro atoms. The smallest absolute Gasteiger partial charge is 0.156 e. The molecule has 2 N–H and O–H groups in total. The van der Waals surface area contributed by atoms with Crippen LogP contribution in [0.1, 0.15) is 69.0 Å². The second-order valence-corrected chi connectivity index (χ2v) is 7.64. The zero-order valence-corrected chi connectivity index (χ0v) is 14.8. The molecule has 4 rings (SSSR count). The van der Waals surface area contributed by atoms with Gasteiger partial charge in [-0.05, 0) is 32.6 Å². The van der Waals surface area contributed by atoms with Crippen LogP contribution in [0.15, 0.2) is 19.0 Å². The number of H-pyrrole nitrogens is 1. The first-order valence-corrected chi connectivity index (χ1v) is 9.34. The summed E-state index contributed by atoms with van der Waals surface area (Å²) < 4.78 is 0. The van der Waals surface area contributed by atoms with Crippen molar-refractivity contribution in [3.63, 3.8) is 0 Å². The minimum atomic E-state index is -0.293. The van der Waals surface area contributed by atoms with Crippen LogP contribution in [0.2, 0.25) is 0 Å². The normalized spacial score (nSPS) is 20.8. The first-order chi connectivity index (χ1) is 12.1. The number of hydrogen-bond donors (Lipinski definition) is 2. The lowest BCUT2D eigenvalue weighted by Gasteiger charge is -2.37. The van der Waals surface area contributed by atoms with Crippen LogP contribution >= 0.6 is 0 Å². The summed E-state index contributed by atoms with van der Waals surface area (Å²) in [6.07, 6.45) is 11.6. The summed E-state index contributed by atoms with van der Waals surface area (Å²) in [5, 5.41) is 13.3. The van der Waals surface area contributed by atoms with E-state index in [9.17, 15) is 5.26 Å². The Bertz CT molecular complexity index is 833. The van der Waals surface area contributed by atoms with Crippen LogP contribution < -0.4 is 5.32 Å². The molecule has 0 saturated heterocycles. The first-order valence-electron chi connectivity index (χ1n) is 9.34. The third kappa shape index (κ3) is 2.90. The van der Waals surface area contributed by atoms with Crippen LogP contribution in [0.5, 0.6) is 0 Å². The fourth-order valence-electron chi connectivity index (χ4n) is 4.01. The molecule has 0 radical (unpaired) electrons. The summed E-state index contributed by atoms with van der Waals surface area (Å²) in [5.41, 5.74) is 4.24. The molecule has 1 atom stereocenters. The molecule has 0 aliphatic heterocycles. The Morgan fingerprint density at radius 1 is 1.40 bits per heavy atom. The molecule has 25 heavy (non-hydrogen) atoms. The van der Waals surface area contributed by atoms with E-state index in [2.05, 4.69) is 34.9 Å². The van der Waals surface area contributed by atoms with Gasteiger partial charge in [0.15, 0.2) is 5.65 Å². The highest BCUT2D eigenvalue weighted by Gasteiger charge is 2.38. The van der Waals surface area contributed by atoms with Gasteiger partial charge in [0.2, 0.25) is 0 Å². The van der Waals surface area contributed by atoms with E-state index >= 15 is 0 Å². The van der Waals surface area contributed by atoms with E-state index in [-0.39, 0.29) is 11.5 Å². The van der Waals surface area contributed by atoms with Crippen LogP contribution in [-0.4, -0.2) is 21.0 Å². The Kier molecular flexibility index (Phi) is 3.99. The number of aromatic amines is 1. The molecule has 5 nitrogen and oxygen atoms in total. The van der Waals surface area contributed by atoms with Crippen LogP contribution in [0.25, 0.3) is 16.9 Å². The molecule has 0 aromatic carbocycles. The van der Waals surface area contributed by atoms with Gasteiger partial charge in [-0.15, -0.1) is 0 Å². The minimum absolute atomic E-state index is 0.0647. The molecule has 0 unspecified atom stereocenters. The molecule has 2 saturated carbocycles. The van der Waals surface area contributed by atoms with Crippen molar-refractivity contribution in [2.75, 3.05) is 0 Å². The lowest BCUT2D eigenvalue weighted by atomic mass is 9.70. The topological polar surface area (TPSA) is 77.4 Å². The molecular formula is C20H25N5. The van der Waals surface area contributed by atoms with Crippen molar-refractivity contribution in [3.05, 3.63) is 30.2 Å². The van der Waals surface area contributed by atoms with Crippen LogP contribution in [-0.2, 0) is 0 Å². The van der Waals surface area contributed by atoms with Gasteiger partial charge in [0.1, 0.15) is 5.52 Å². The second-order valence-electron chi connectivity index (χ2n) is 7.64. The quantitative estimate of drug-likeness (QED) is 0.856. The second kappa shape index (κ2) is 6.18. The summed E-state index contributed by atoms with van der Waals surface area (Å²) in [6.45, 7) is 6.34. The van der Waals surface area contributed by atoms with Gasteiger partial charge >= 0.3 is 0 Å². The van der Waals surface area contributed by atoms with Gasteiger partial charge in [-0.2, -0.15) is 5.26 Å². The Hall–Kier alpha value is -2.35. The van der Waals surface area contributed by atoms with Gasteiger partial charge in [0.25, 0.3) is 0 Å². The maximum Gasteiger partial charge on any atom is 0.156 e. The van der Waals surface area contributed by atoms with Crippen molar-refractivity contribution in [1.29, 1.82) is 5.26 Å². The van der Waals surface area contributed by atoms with Crippen LogP contribution in [0.4, 0.5) is 0 Å². The summed E-state index contributed by atoms with van der Waals surface area (Å²) >= 11 is 0. The summed E-state index contributed by atoms with van der Waals surface area (Å²) in [4.78, 5) is 12.5. The molecule has 130 valence electrons. The van der Waals surface area contributed by atoms with Gasteiger partial charge in [0, 0.05) is 29.4 Å². The minimum Gasteiger partial charge on any atom is -0.381 e. The largest absolute Gasteiger partial charge is 0.381 e. The standard InChI is InChI=1S/C20H25N5/c1-13(24-14(2)20(12-21)8-4-3-5-9-20)16-10-22-19-18(16)25-17(11-23-19)15-6-7-15/h10-11,14-15,24H,1,3-9H2,2H3,(H,22,23)/t14-/m0/s1. The SMILES string of the molecule is C=C(N[C@@H](C)C1(C#N)CCCCC1)c1c[nH]c2ncc(C3CC3)nc12. The number of nitrogens with zero attached hydrogens (tertiary/aromatic N) is 3. The highest BCUT2D eigenvalue weighted by molar-refractivity contribution is 5.86. The maximum absolute atomic E-state index is 9.78. The molecular weight excluding hydrogens is 310 g/mol. The zero-order chi connectivity index (χ0) is 17.4. The van der Waals surface area contributed by atoms with E-state index in [1.165, 1.54) is 19.3 Å². The fraction of sp³-hybridized carbons (Fsp3) is 0.550. The van der Waals surface area contributed by atoms with Gasteiger partial charge in [-0.25, -0.2) is 9.97 Å². The molecule has 2 aromatic rings. The maximum atomic E-state index is 9.78. The molecule has 2 aromatic heterocycles. The van der Waals surface area contributed by atoms with Gasteiger partial charge in [0.05, 0.1) is 23.4 Å². The first kappa shape index (κ1) is 16.1. The summed E-state index contributed by atoms with van der Waals surface area (Å²) in [5.74, 6) is 0.573. The molecule has 2 heterocycles. The monoisotopic (exact) mass is 335 g/mol. The van der Waals surface area contributed by atoms with Crippen molar-refractivity contribution in [2.45, 2.75) is 63.8 Å². The van der Waals surface area contributed by atoms with E-state index < -0.39 is 0 Å². The number of fused-ring (bicyclic) bond motifs is 1. The molecule has 0 amide bonds. The number of nitriles is 1. The third-order valence-corrected chi connectivity index (χ3v) is 5.91. The van der Waals surface area contributed by atoms with E-state index in [1.54, 1.807) is 0 Å². The molecule has 5 heteroatoms. The predicted molar refractivity (Wildman–Crippen MR) is 98.6 cm³/mol. The average Bonchev–Trinajstić information content (AvgIpc) is 3.41. The molecule has 2 aliphatic carbocycles. The van der Waals surface area contributed by atoms with Crippen molar-refractivity contribution in [3.8, 4) is 6.07 Å². The molecule has 2 fully saturated rings. The molecule has 0 bridgehead atoms. The van der Waals surface area contributed by atoms with Crippen molar-refractivity contribution in [1.82, 2.24) is 20.3 Å².